The molecule has 8 nitrogen and oxygen atoms in total. The highest BCUT2D eigenvalue weighted by atomic mass is 16.6. The number of amides is 1. The van der Waals surface area contributed by atoms with E-state index < -0.39 is 11.7 Å². The first-order valence-electron chi connectivity index (χ1n) is 10.7. The minimum Gasteiger partial charge on any atom is -0.444 e. The van der Waals surface area contributed by atoms with Crippen LogP contribution >= 0.6 is 0 Å². The third-order valence-electron chi connectivity index (χ3n) is 4.38. The standard InChI is InChI=1S/C22H37N5O3/c1-5-23-20(24-10-11-25-21(28)30-22(2,3)4)26-16-18-6-8-19(9-7-18)17-27-12-14-29-15-13-27/h6-9H,5,10-17H2,1-4H3,(H,25,28)(H2,23,24,26). The molecule has 30 heavy (non-hydrogen) atoms. The lowest BCUT2D eigenvalue weighted by molar-refractivity contribution is 0.0342. The summed E-state index contributed by atoms with van der Waals surface area (Å²) in [6.45, 7) is 14.5. The van der Waals surface area contributed by atoms with E-state index in [0.717, 1.165) is 50.9 Å². The maximum Gasteiger partial charge on any atom is 0.407 e. The van der Waals surface area contributed by atoms with Crippen LogP contribution in [0.25, 0.3) is 0 Å². The normalized spacial score (nSPS) is 15.5. The second kappa shape index (κ2) is 12.4. The Kier molecular flexibility index (Phi) is 9.89. The largest absolute Gasteiger partial charge is 0.444 e. The molecule has 1 aromatic rings. The van der Waals surface area contributed by atoms with Crippen LogP contribution in [-0.4, -0.2) is 68.5 Å². The van der Waals surface area contributed by atoms with E-state index in [1.54, 1.807) is 0 Å². The minimum atomic E-state index is -0.494. The predicted molar refractivity (Wildman–Crippen MR) is 120 cm³/mol. The fraction of sp³-hybridized carbons (Fsp3) is 0.636. The number of rotatable bonds is 8. The van der Waals surface area contributed by atoms with Gasteiger partial charge in [-0.25, -0.2) is 9.79 Å². The van der Waals surface area contributed by atoms with E-state index in [1.807, 2.05) is 27.7 Å². The molecule has 1 aromatic carbocycles. The molecule has 1 fully saturated rings. The summed E-state index contributed by atoms with van der Waals surface area (Å²) in [4.78, 5) is 18.7. The molecule has 2 rings (SSSR count). The number of carbonyl (C=O) groups is 1. The molecule has 0 bridgehead atoms. The van der Waals surface area contributed by atoms with Crippen molar-refractivity contribution in [2.24, 2.45) is 4.99 Å². The lowest BCUT2D eigenvalue weighted by Gasteiger charge is -2.26. The fourth-order valence-electron chi connectivity index (χ4n) is 2.94. The Morgan fingerprint density at radius 3 is 2.33 bits per heavy atom. The monoisotopic (exact) mass is 419 g/mol. The number of carbonyl (C=O) groups excluding carboxylic acids is 1. The van der Waals surface area contributed by atoms with Crippen molar-refractivity contribution < 1.29 is 14.3 Å². The average Bonchev–Trinajstić information content (AvgIpc) is 2.70. The van der Waals surface area contributed by atoms with E-state index in [4.69, 9.17) is 9.47 Å². The number of hydrogen-bond acceptors (Lipinski definition) is 5. The zero-order valence-electron chi connectivity index (χ0n) is 18.8. The van der Waals surface area contributed by atoms with Crippen LogP contribution in [-0.2, 0) is 22.6 Å². The van der Waals surface area contributed by atoms with Gasteiger partial charge >= 0.3 is 6.09 Å². The first-order chi connectivity index (χ1) is 14.4. The Hall–Kier alpha value is -2.32. The lowest BCUT2D eigenvalue weighted by Crippen LogP contribution is -2.42. The highest BCUT2D eigenvalue weighted by Gasteiger charge is 2.15. The van der Waals surface area contributed by atoms with Crippen LogP contribution in [0, 0.1) is 0 Å². The molecule has 1 saturated heterocycles. The SMILES string of the molecule is CCNC(=NCc1ccc(CN2CCOCC2)cc1)NCCNC(=O)OC(C)(C)C. The molecule has 1 aliphatic heterocycles. The van der Waals surface area contributed by atoms with E-state index >= 15 is 0 Å². The number of benzene rings is 1. The summed E-state index contributed by atoms with van der Waals surface area (Å²) >= 11 is 0. The van der Waals surface area contributed by atoms with Gasteiger partial charge in [0.25, 0.3) is 0 Å². The Balaban J connectivity index is 1.75. The summed E-state index contributed by atoms with van der Waals surface area (Å²) in [7, 11) is 0. The molecule has 3 N–H and O–H groups in total. The van der Waals surface area contributed by atoms with Gasteiger partial charge in [-0.2, -0.15) is 0 Å². The molecule has 0 atom stereocenters. The Bertz CT molecular complexity index is 664. The van der Waals surface area contributed by atoms with Crippen LogP contribution < -0.4 is 16.0 Å². The predicted octanol–water partition coefficient (Wildman–Crippen LogP) is 2.10. The molecule has 0 saturated carbocycles. The number of aliphatic imine (C=N–C) groups is 1. The number of alkyl carbamates (subject to hydrolysis) is 1. The molecule has 8 heteroatoms. The zero-order valence-corrected chi connectivity index (χ0v) is 18.8. The smallest absolute Gasteiger partial charge is 0.407 e. The molecule has 168 valence electrons. The van der Waals surface area contributed by atoms with Gasteiger partial charge in [0.05, 0.1) is 19.8 Å². The first kappa shape index (κ1) is 24.0. The van der Waals surface area contributed by atoms with Gasteiger partial charge in [-0.05, 0) is 38.8 Å². The molecule has 1 amide bonds. The maximum absolute atomic E-state index is 11.7. The van der Waals surface area contributed by atoms with Crippen molar-refractivity contribution in [2.75, 3.05) is 45.9 Å². The van der Waals surface area contributed by atoms with Crippen LogP contribution in [0.15, 0.2) is 29.3 Å². The van der Waals surface area contributed by atoms with E-state index in [2.05, 4.69) is 50.1 Å². The highest BCUT2D eigenvalue weighted by Crippen LogP contribution is 2.10. The van der Waals surface area contributed by atoms with Gasteiger partial charge in [-0.1, -0.05) is 24.3 Å². The number of guanidine groups is 1. The third kappa shape index (κ3) is 9.93. The first-order valence-corrected chi connectivity index (χ1v) is 10.7. The van der Waals surface area contributed by atoms with Gasteiger partial charge in [-0.15, -0.1) is 0 Å². The van der Waals surface area contributed by atoms with E-state index in [1.165, 1.54) is 5.56 Å². The summed E-state index contributed by atoms with van der Waals surface area (Å²) in [5.74, 6) is 0.723. The van der Waals surface area contributed by atoms with Gasteiger partial charge in [0.2, 0.25) is 0 Å². The van der Waals surface area contributed by atoms with E-state index in [-0.39, 0.29) is 0 Å². The summed E-state index contributed by atoms with van der Waals surface area (Å²) in [5.41, 5.74) is 1.97. The summed E-state index contributed by atoms with van der Waals surface area (Å²) in [6, 6.07) is 8.61. The zero-order chi connectivity index (χ0) is 21.8. The van der Waals surface area contributed by atoms with Crippen molar-refractivity contribution in [3.8, 4) is 0 Å². The highest BCUT2D eigenvalue weighted by molar-refractivity contribution is 5.79. The van der Waals surface area contributed by atoms with Crippen LogP contribution in [0.2, 0.25) is 0 Å². The number of hydrogen-bond donors (Lipinski definition) is 3. The molecular formula is C22H37N5O3. The Morgan fingerprint density at radius 2 is 1.70 bits per heavy atom. The van der Waals surface area contributed by atoms with Crippen LogP contribution in [0.5, 0.6) is 0 Å². The van der Waals surface area contributed by atoms with Crippen molar-refractivity contribution in [3.05, 3.63) is 35.4 Å². The molecular weight excluding hydrogens is 382 g/mol. The van der Waals surface area contributed by atoms with Crippen LogP contribution in [0.3, 0.4) is 0 Å². The fourth-order valence-corrected chi connectivity index (χ4v) is 2.94. The van der Waals surface area contributed by atoms with Gasteiger partial charge in [0.15, 0.2) is 5.96 Å². The summed E-state index contributed by atoms with van der Waals surface area (Å²) in [6.07, 6.45) is -0.414. The maximum atomic E-state index is 11.7. The van der Waals surface area contributed by atoms with E-state index in [0.29, 0.717) is 19.6 Å². The Morgan fingerprint density at radius 1 is 1.07 bits per heavy atom. The third-order valence-corrected chi connectivity index (χ3v) is 4.38. The van der Waals surface area contributed by atoms with Crippen LogP contribution in [0.4, 0.5) is 4.79 Å². The van der Waals surface area contributed by atoms with Gasteiger partial charge in [0, 0.05) is 39.3 Å². The molecule has 1 aliphatic rings. The molecule has 0 aliphatic carbocycles. The lowest BCUT2D eigenvalue weighted by atomic mass is 10.1. The van der Waals surface area contributed by atoms with Crippen molar-refractivity contribution in [2.45, 2.75) is 46.4 Å². The molecule has 1 heterocycles. The van der Waals surface area contributed by atoms with Crippen molar-refractivity contribution in [1.29, 1.82) is 0 Å². The van der Waals surface area contributed by atoms with E-state index in [9.17, 15) is 4.79 Å². The number of morpholine rings is 1. The molecule has 0 unspecified atom stereocenters. The minimum absolute atomic E-state index is 0.414. The van der Waals surface area contributed by atoms with Gasteiger partial charge in [-0.3, -0.25) is 4.90 Å². The second-order valence-corrected chi connectivity index (χ2v) is 8.26. The number of ether oxygens (including phenoxy) is 2. The van der Waals surface area contributed by atoms with Gasteiger partial charge in [0.1, 0.15) is 5.60 Å². The topological polar surface area (TPSA) is 87.2 Å². The van der Waals surface area contributed by atoms with Crippen LogP contribution in [0.1, 0.15) is 38.8 Å². The Labute approximate surface area is 180 Å². The second-order valence-electron chi connectivity index (χ2n) is 8.26. The van der Waals surface area contributed by atoms with Crippen molar-refractivity contribution in [3.63, 3.8) is 0 Å². The summed E-state index contributed by atoms with van der Waals surface area (Å²) < 4.78 is 10.6. The molecule has 0 spiro atoms. The quantitative estimate of drug-likeness (QED) is 0.340. The average molecular weight is 420 g/mol. The molecule has 0 radical (unpaired) electrons. The van der Waals surface area contributed by atoms with Crippen molar-refractivity contribution in [1.82, 2.24) is 20.9 Å². The number of nitrogens with zero attached hydrogens (tertiary/aromatic N) is 2. The molecule has 0 aromatic heterocycles. The van der Waals surface area contributed by atoms with Crippen molar-refractivity contribution >= 4 is 12.1 Å². The van der Waals surface area contributed by atoms with Gasteiger partial charge < -0.3 is 25.4 Å². The number of nitrogens with one attached hydrogen (secondary N) is 3. The summed E-state index contributed by atoms with van der Waals surface area (Å²) in [5, 5.41) is 9.18.